The SMILES string of the molecule is [Ir].[c-]1ccc(-c2nc(-c3ccc(-c4ccccc4)cc3)cc(-c3cccc(-c4cc(-c5ccccc5)cc(-c5ccccc5)c4)c3)n2)cc1-c1nccc2ccccc12. The maximum atomic E-state index is 5.28. The maximum absolute atomic E-state index is 5.28. The van der Waals surface area contributed by atoms with Crippen LogP contribution in [0.15, 0.2) is 219 Å². The van der Waals surface area contributed by atoms with Crippen LogP contribution >= 0.6 is 0 Å². The van der Waals surface area contributed by atoms with Gasteiger partial charge in [-0.3, -0.25) is 0 Å². The molecule has 0 saturated carbocycles. The second-order valence-corrected chi connectivity index (χ2v) is 14.4. The molecule has 10 rings (SSSR count). The van der Waals surface area contributed by atoms with E-state index < -0.39 is 0 Å². The number of aromatic nitrogens is 3. The first kappa shape index (κ1) is 37.5. The van der Waals surface area contributed by atoms with Crippen molar-refractivity contribution < 1.29 is 20.1 Å². The molecule has 8 aromatic carbocycles. The normalized spacial score (nSPS) is 10.9. The van der Waals surface area contributed by atoms with E-state index in [1.807, 2.05) is 36.5 Å². The fourth-order valence-corrected chi connectivity index (χ4v) is 7.66. The minimum absolute atomic E-state index is 0. The summed E-state index contributed by atoms with van der Waals surface area (Å²) in [6.07, 6.45) is 1.86. The number of hydrogen-bond acceptors (Lipinski definition) is 3. The van der Waals surface area contributed by atoms with Crippen LogP contribution in [0.4, 0.5) is 0 Å². The maximum Gasteiger partial charge on any atom is 0.142 e. The third-order valence-electron chi connectivity index (χ3n) is 10.6. The standard InChI is InChI=1S/C55H36N3.Ir/c1-4-14-38(15-5-1)41-26-28-43(29-27-41)52-37-53(58-55(57-52)47-24-13-23-46(33-47)54-51-25-11-10-20-42(51)30-31-56-54)45-22-12-21-44(32-45)50-35-48(39-16-6-2-7-17-39)34-49(36-50)40-18-8-3-9-19-40;/h1-22,24-37H;/q-1;. The molecule has 0 aliphatic rings. The number of nitrogens with zero attached hydrogens (tertiary/aromatic N) is 3. The van der Waals surface area contributed by atoms with Gasteiger partial charge in [-0.15, -0.1) is 29.8 Å². The molecular weight excluding hydrogens is 895 g/mol. The largest absolute Gasteiger partial charge is 0.304 e. The summed E-state index contributed by atoms with van der Waals surface area (Å²) in [5.41, 5.74) is 15.7. The molecular formula is C55H36IrN3-. The van der Waals surface area contributed by atoms with Crippen LogP contribution < -0.4 is 0 Å². The average molecular weight is 931 g/mol. The molecule has 0 N–H and O–H groups in total. The van der Waals surface area contributed by atoms with Gasteiger partial charge in [0.15, 0.2) is 0 Å². The molecule has 0 amide bonds. The first-order valence-electron chi connectivity index (χ1n) is 19.5. The van der Waals surface area contributed by atoms with Gasteiger partial charge in [-0.05, 0) is 97.4 Å². The van der Waals surface area contributed by atoms with Crippen molar-refractivity contribution in [2.75, 3.05) is 0 Å². The van der Waals surface area contributed by atoms with Crippen LogP contribution in [0.25, 0.3) is 100 Å². The van der Waals surface area contributed by atoms with Crippen LogP contribution in [0.5, 0.6) is 0 Å². The van der Waals surface area contributed by atoms with Crippen molar-refractivity contribution in [3.8, 4) is 89.7 Å². The molecule has 59 heavy (non-hydrogen) atoms. The Kier molecular flexibility index (Phi) is 10.7. The first-order chi connectivity index (χ1) is 28.7. The molecule has 0 aliphatic heterocycles. The zero-order chi connectivity index (χ0) is 38.7. The Morgan fingerprint density at radius 3 is 1.49 bits per heavy atom. The summed E-state index contributed by atoms with van der Waals surface area (Å²) < 4.78 is 0. The number of rotatable bonds is 8. The van der Waals surface area contributed by atoms with Crippen molar-refractivity contribution in [2.45, 2.75) is 0 Å². The Labute approximate surface area is 358 Å². The van der Waals surface area contributed by atoms with Crippen molar-refractivity contribution in [3.63, 3.8) is 0 Å². The van der Waals surface area contributed by atoms with Crippen LogP contribution in [0.3, 0.4) is 0 Å². The third kappa shape index (κ3) is 7.93. The van der Waals surface area contributed by atoms with E-state index in [1.165, 1.54) is 27.8 Å². The van der Waals surface area contributed by atoms with E-state index in [1.54, 1.807) is 0 Å². The summed E-state index contributed by atoms with van der Waals surface area (Å²) in [5.74, 6) is 0.637. The number of fused-ring (bicyclic) bond motifs is 1. The van der Waals surface area contributed by atoms with Crippen LogP contribution in [0.2, 0.25) is 0 Å². The molecule has 1 radical (unpaired) electrons. The van der Waals surface area contributed by atoms with E-state index in [9.17, 15) is 0 Å². The predicted octanol–water partition coefficient (Wildman–Crippen LogP) is 14.2. The van der Waals surface area contributed by atoms with Gasteiger partial charge in [0.2, 0.25) is 0 Å². The summed E-state index contributed by atoms with van der Waals surface area (Å²) in [7, 11) is 0. The van der Waals surface area contributed by atoms with Crippen molar-refractivity contribution in [1.29, 1.82) is 0 Å². The van der Waals surface area contributed by atoms with Gasteiger partial charge in [-0.25, -0.2) is 9.97 Å². The van der Waals surface area contributed by atoms with Gasteiger partial charge in [0.05, 0.1) is 11.4 Å². The Morgan fingerprint density at radius 1 is 0.339 bits per heavy atom. The van der Waals surface area contributed by atoms with Crippen LogP contribution in [-0.2, 0) is 20.1 Å². The fourth-order valence-electron chi connectivity index (χ4n) is 7.66. The molecule has 10 aromatic rings. The van der Waals surface area contributed by atoms with Gasteiger partial charge in [0.25, 0.3) is 0 Å². The molecule has 3 nitrogen and oxygen atoms in total. The molecule has 2 heterocycles. The molecule has 0 unspecified atom stereocenters. The summed E-state index contributed by atoms with van der Waals surface area (Å²) in [4.78, 5) is 15.3. The zero-order valence-electron chi connectivity index (χ0n) is 32.0. The molecule has 2 aromatic heterocycles. The second kappa shape index (κ2) is 16.8. The zero-order valence-corrected chi connectivity index (χ0v) is 34.4. The summed E-state index contributed by atoms with van der Waals surface area (Å²) in [6.45, 7) is 0. The molecule has 281 valence electrons. The van der Waals surface area contributed by atoms with Gasteiger partial charge in [-0.1, -0.05) is 163 Å². The predicted molar refractivity (Wildman–Crippen MR) is 240 cm³/mol. The minimum atomic E-state index is 0. The Balaban J connectivity index is 0.00000449. The van der Waals surface area contributed by atoms with E-state index >= 15 is 0 Å². The van der Waals surface area contributed by atoms with E-state index in [0.29, 0.717) is 5.82 Å². The number of benzene rings is 8. The van der Waals surface area contributed by atoms with Crippen molar-refractivity contribution in [2.24, 2.45) is 0 Å². The smallest absolute Gasteiger partial charge is 0.142 e. The van der Waals surface area contributed by atoms with Crippen LogP contribution in [0.1, 0.15) is 0 Å². The van der Waals surface area contributed by atoms with Gasteiger partial charge in [-0.2, -0.15) is 0 Å². The molecule has 0 atom stereocenters. The Hall–Kier alpha value is -7.10. The second-order valence-electron chi connectivity index (χ2n) is 14.4. The summed E-state index contributed by atoms with van der Waals surface area (Å²) in [6, 6.07) is 77.8. The van der Waals surface area contributed by atoms with Crippen LogP contribution in [-0.4, -0.2) is 15.0 Å². The van der Waals surface area contributed by atoms with Gasteiger partial charge in [0.1, 0.15) is 5.82 Å². The summed E-state index contributed by atoms with van der Waals surface area (Å²) in [5, 5.41) is 2.21. The van der Waals surface area contributed by atoms with E-state index in [0.717, 1.165) is 66.8 Å². The average Bonchev–Trinajstić information content (AvgIpc) is 3.32. The van der Waals surface area contributed by atoms with Gasteiger partial charge in [0, 0.05) is 37.4 Å². The van der Waals surface area contributed by atoms with Crippen LogP contribution in [0, 0.1) is 6.07 Å². The Morgan fingerprint density at radius 2 is 0.831 bits per heavy atom. The topological polar surface area (TPSA) is 38.7 Å². The van der Waals surface area contributed by atoms with E-state index in [-0.39, 0.29) is 20.1 Å². The van der Waals surface area contributed by atoms with Gasteiger partial charge < -0.3 is 4.98 Å². The molecule has 0 spiro atoms. The molecule has 0 bridgehead atoms. The number of pyridine rings is 1. The van der Waals surface area contributed by atoms with Crippen molar-refractivity contribution >= 4 is 10.8 Å². The van der Waals surface area contributed by atoms with Gasteiger partial charge >= 0.3 is 0 Å². The molecule has 0 aliphatic carbocycles. The molecule has 4 heteroatoms. The molecule has 0 saturated heterocycles. The first-order valence-corrected chi connectivity index (χ1v) is 19.5. The Bertz CT molecular complexity index is 2970. The van der Waals surface area contributed by atoms with E-state index in [2.05, 4.69) is 188 Å². The number of hydrogen-bond donors (Lipinski definition) is 0. The van der Waals surface area contributed by atoms with Crippen molar-refractivity contribution in [1.82, 2.24) is 15.0 Å². The monoisotopic (exact) mass is 931 g/mol. The summed E-state index contributed by atoms with van der Waals surface area (Å²) >= 11 is 0. The molecule has 0 fully saturated rings. The fraction of sp³-hybridized carbons (Fsp3) is 0. The minimum Gasteiger partial charge on any atom is -0.304 e. The van der Waals surface area contributed by atoms with Crippen molar-refractivity contribution in [3.05, 3.63) is 225 Å². The van der Waals surface area contributed by atoms with E-state index in [4.69, 9.17) is 15.0 Å². The third-order valence-corrected chi connectivity index (χ3v) is 10.6. The quantitative estimate of drug-likeness (QED) is 0.143.